The summed E-state index contributed by atoms with van der Waals surface area (Å²) in [6.45, 7) is 4.50. The fourth-order valence-corrected chi connectivity index (χ4v) is 3.55. The van der Waals surface area contributed by atoms with Crippen LogP contribution < -0.4 is 10.6 Å². The number of thioether (sulfide) groups is 1. The quantitative estimate of drug-likeness (QED) is 0.558. The second kappa shape index (κ2) is 9.12. The van der Waals surface area contributed by atoms with E-state index in [1.165, 1.54) is 11.8 Å². The Bertz CT molecular complexity index is 951. The number of rotatable bonds is 7. The van der Waals surface area contributed by atoms with Crippen molar-refractivity contribution in [2.24, 2.45) is 7.05 Å². The zero-order chi connectivity index (χ0) is 20.1. The molecule has 6 nitrogen and oxygen atoms in total. The first kappa shape index (κ1) is 20.2. The fraction of sp³-hybridized carbons (Fsp3) is 0.250. The third kappa shape index (κ3) is 5.05. The Morgan fingerprint density at radius 3 is 2.46 bits per heavy atom. The van der Waals surface area contributed by atoms with Crippen LogP contribution in [0.25, 0.3) is 0 Å². The highest BCUT2D eigenvalue weighted by molar-refractivity contribution is 7.99. The van der Waals surface area contributed by atoms with Gasteiger partial charge in [-0.15, -0.1) is 10.2 Å². The molecule has 0 spiro atoms. The molecule has 0 saturated carbocycles. The van der Waals surface area contributed by atoms with Gasteiger partial charge in [0.1, 0.15) is 0 Å². The van der Waals surface area contributed by atoms with Gasteiger partial charge in [-0.1, -0.05) is 41.6 Å². The van der Waals surface area contributed by atoms with Crippen molar-refractivity contribution < 1.29 is 4.79 Å². The van der Waals surface area contributed by atoms with Gasteiger partial charge in [0.2, 0.25) is 5.91 Å². The molecule has 0 bridgehead atoms. The first-order chi connectivity index (χ1) is 13.4. The van der Waals surface area contributed by atoms with E-state index in [2.05, 4.69) is 20.8 Å². The maximum atomic E-state index is 12.3. The van der Waals surface area contributed by atoms with E-state index in [0.29, 0.717) is 16.7 Å². The van der Waals surface area contributed by atoms with Gasteiger partial charge in [-0.3, -0.25) is 4.79 Å². The molecule has 2 N–H and O–H groups in total. The number of hydrogen-bond donors (Lipinski definition) is 2. The molecule has 0 aliphatic rings. The van der Waals surface area contributed by atoms with Gasteiger partial charge in [-0.05, 0) is 49.2 Å². The third-order valence-electron chi connectivity index (χ3n) is 4.30. The number of para-hydroxylation sites is 1. The Hall–Kier alpha value is -2.51. The van der Waals surface area contributed by atoms with Gasteiger partial charge in [0.15, 0.2) is 11.0 Å². The van der Waals surface area contributed by atoms with Crippen molar-refractivity contribution in [3.63, 3.8) is 0 Å². The minimum Gasteiger partial charge on any atom is -0.378 e. The second-order valence-electron chi connectivity index (χ2n) is 6.42. The average molecular weight is 416 g/mol. The third-order valence-corrected chi connectivity index (χ3v) is 5.57. The Balaban J connectivity index is 1.55. The van der Waals surface area contributed by atoms with Crippen molar-refractivity contribution in [3.05, 3.63) is 64.4 Å². The van der Waals surface area contributed by atoms with Gasteiger partial charge in [0.05, 0.1) is 12.3 Å². The zero-order valence-electron chi connectivity index (χ0n) is 16.0. The summed E-state index contributed by atoms with van der Waals surface area (Å²) in [5, 5.41) is 16.1. The van der Waals surface area contributed by atoms with Crippen molar-refractivity contribution in [1.82, 2.24) is 14.8 Å². The molecule has 8 heteroatoms. The highest BCUT2D eigenvalue weighted by atomic mass is 35.5. The Morgan fingerprint density at radius 2 is 1.79 bits per heavy atom. The van der Waals surface area contributed by atoms with Crippen molar-refractivity contribution in [2.75, 3.05) is 16.4 Å². The van der Waals surface area contributed by atoms with Crippen molar-refractivity contribution in [1.29, 1.82) is 0 Å². The van der Waals surface area contributed by atoms with Crippen LogP contribution in [-0.2, 0) is 18.4 Å². The lowest BCUT2D eigenvalue weighted by Crippen LogP contribution is -2.16. The number of carbonyl (C=O) groups excluding carboxylic acids is 1. The van der Waals surface area contributed by atoms with E-state index in [9.17, 15) is 4.79 Å². The molecule has 3 aromatic rings. The van der Waals surface area contributed by atoms with E-state index >= 15 is 0 Å². The minimum absolute atomic E-state index is 0.0637. The van der Waals surface area contributed by atoms with Crippen LogP contribution in [0, 0.1) is 13.8 Å². The van der Waals surface area contributed by atoms with Crippen molar-refractivity contribution in [3.8, 4) is 0 Å². The first-order valence-electron chi connectivity index (χ1n) is 8.80. The molecule has 0 radical (unpaired) electrons. The predicted octanol–water partition coefficient (Wildman–Crippen LogP) is 4.43. The molecule has 0 unspecified atom stereocenters. The van der Waals surface area contributed by atoms with Crippen LogP contribution in [0.2, 0.25) is 5.02 Å². The molecule has 0 aliphatic carbocycles. The number of nitrogens with one attached hydrogen (secondary N) is 2. The highest BCUT2D eigenvalue weighted by Crippen LogP contribution is 2.21. The van der Waals surface area contributed by atoms with E-state index in [-0.39, 0.29) is 11.7 Å². The normalized spacial score (nSPS) is 10.7. The summed E-state index contributed by atoms with van der Waals surface area (Å²) in [6, 6.07) is 13.4. The predicted molar refractivity (Wildman–Crippen MR) is 115 cm³/mol. The van der Waals surface area contributed by atoms with Crippen molar-refractivity contribution in [2.45, 2.75) is 25.5 Å². The minimum atomic E-state index is -0.0637. The number of hydrogen-bond acceptors (Lipinski definition) is 5. The number of anilines is 2. The highest BCUT2D eigenvalue weighted by Gasteiger charge is 2.13. The van der Waals surface area contributed by atoms with E-state index < -0.39 is 0 Å². The molecule has 0 fully saturated rings. The van der Waals surface area contributed by atoms with Crippen LogP contribution in [0.3, 0.4) is 0 Å². The molecule has 28 heavy (non-hydrogen) atoms. The average Bonchev–Trinajstić information content (AvgIpc) is 3.02. The van der Waals surface area contributed by atoms with Gasteiger partial charge >= 0.3 is 0 Å². The first-order valence-corrected chi connectivity index (χ1v) is 10.2. The standard InChI is InChI=1S/C20H22ClN5OS/c1-13-5-4-6-14(2)19(13)23-18(27)12-28-20-25-24-17(26(20)3)11-22-16-9-7-15(21)8-10-16/h4-10,22H,11-12H2,1-3H3,(H,23,27). The molecule has 0 saturated heterocycles. The van der Waals surface area contributed by atoms with Crippen LogP contribution in [-0.4, -0.2) is 26.4 Å². The zero-order valence-corrected chi connectivity index (χ0v) is 17.6. The summed E-state index contributed by atoms with van der Waals surface area (Å²) in [5.74, 6) is 0.989. The molecule has 0 atom stereocenters. The molecule has 1 amide bonds. The summed E-state index contributed by atoms with van der Waals surface area (Å²) in [7, 11) is 1.89. The number of benzene rings is 2. The van der Waals surface area contributed by atoms with E-state index in [1.807, 2.05) is 67.9 Å². The lowest BCUT2D eigenvalue weighted by atomic mass is 10.1. The van der Waals surface area contributed by atoms with Crippen LogP contribution in [0.5, 0.6) is 0 Å². The van der Waals surface area contributed by atoms with E-state index in [1.54, 1.807) is 0 Å². The maximum absolute atomic E-state index is 12.3. The second-order valence-corrected chi connectivity index (χ2v) is 7.80. The van der Waals surface area contributed by atoms with Gasteiger partial charge in [-0.2, -0.15) is 0 Å². The SMILES string of the molecule is Cc1cccc(C)c1NC(=O)CSc1nnc(CNc2ccc(Cl)cc2)n1C. The van der Waals surface area contributed by atoms with Crippen LogP contribution in [0.4, 0.5) is 11.4 Å². The summed E-state index contributed by atoms with van der Waals surface area (Å²) >= 11 is 7.26. The Kier molecular flexibility index (Phi) is 6.59. The fourth-order valence-electron chi connectivity index (χ4n) is 2.69. The molecular formula is C20H22ClN5OS. The molecule has 0 aliphatic heterocycles. The van der Waals surface area contributed by atoms with Gasteiger partial charge in [-0.25, -0.2) is 0 Å². The molecular weight excluding hydrogens is 394 g/mol. The van der Waals surface area contributed by atoms with Crippen LogP contribution in [0.15, 0.2) is 47.6 Å². The Morgan fingerprint density at radius 1 is 1.11 bits per heavy atom. The number of carbonyl (C=O) groups is 1. The molecule has 146 valence electrons. The van der Waals surface area contributed by atoms with Crippen molar-refractivity contribution >= 4 is 40.6 Å². The number of halogens is 1. The number of aromatic nitrogens is 3. The molecule has 1 heterocycles. The van der Waals surface area contributed by atoms with Gasteiger partial charge in [0.25, 0.3) is 0 Å². The molecule has 2 aromatic carbocycles. The topological polar surface area (TPSA) is 71.8 Å². The molecule has 3 rings (SSSR count). The van der Waals surface area contributed by atoms with Crippen LogP contribution >= 0.6 is 23.4 Å². The van der Waals surface area contributed by atoms with Crippen LogP contribution in [0.1, 0.15) is 17.0 Å². The van der Waals surface area contributed by atoms with Gasteiger partial charge in [0, 0.05) is 23.4 Å². The lowest BCUT2D eigenvalue weighted by molar-refractivity contribution is -0.113. The van der Waals surface area contributed by atoms with E-state index in [4.69, 9.17) is 11.6 Å². The number of amides is 1. The molecule has 1 aromatic heterocycles. The summed E-state index contributed by atoms with van der Waals surface area (Å²) in [4.78, 5) is 12.3. The maximum Gasteiger partial charge on any atom is 0.234 e. The summed E-state index contributed by atoms with van der Waals surface area (Å²) in [6.07, 6.45) is 0. The summed E-state index contributed by atoms with van der Waals surface area (Å²) in [5.41, 5.74) is 3.92. The Labute approximate surface area is 173 Å². The lowest BCUT2D eigenvalue weighted by Gasteiger charge is -2.11. The largest absolute Gasteiger partial charge is 0.378 e. The number of aryl methyl sites for hydroxylation is 2. The smallest absolute Gasteiger partial charge is 0.234 e. The van der Waals surface area contributed by atoms with Gasteiger partial charge < -0.3 is 15.2 Å². The monoisotopic (exact) mass is 415 g/mol. The van der Waals surface area contributed by atoms with E-state index in [0.717, 1.165) is 28.3 Å². The summed E-state index contributed by atoms with van der Waals surface area (Å²) < 4.78 is 1.89. The number of nitrogens with zero attached hydrogens (tertiary/aromatic N) is 3.